The van der Waals surface area contributed by atoms with Crippen molar-refractivity contribution in [1.82, 2.24) is 9.47 Å². The molecule has 3 heterocycles. The maximum Gasteiger partial charge on any atom is 0.106 e. The van der Waals surface area contributed by atoms with Gasteiger partial charge in [-0.2, -0.15) is 0 Å². The first-order chi connectivity index (χ1) is 7.24. The Bertz CT molecular complexity index is 437. The molecule has 2 atom stereocenters. The molecule has 80 valence electrons. The van der Waals surface area contributed by atoms with Crippen LogP contribution in [0.3, 0.4) is 0 Å². The van der Waals surface area contributed by atoms with Crippen LogP contribution in [0.25, 0.3) is 0 Å². The molecule has 1 aromatic rings. The zero-order chi connectivity index (χ0) is 10.4. The lowest BCUT2D eigenvalue weighted by atomic mass is 9.83. The summed E-state index contributed by atoms with van der Waals surface area (Å²) in [5.41, 5.74) is 1.45. The molecule has 0 unspecified atom stereocenters. The lowest BCUT2D eigenvalue weighted by molar-refractivity contribution is 0.145. The molecular weight excluding hydrogens is 204 g/mol. The van der Waals surface area contributed by atoms with Crippen molar-refractivity contribution in [2.45, 2.75) is 18.9 Å². The molecule has 3 heteroatoms. The van der Waals surface area contributed by atoms with Crippen LogP contribution in [-0.4, -0.2) is 29.6 Å². The van der Waals surface area contributed by atoms with Crippen LogP contribution in [0.5, 0.6) is 0 Å². The van der Waals surface area contributed by atoms with Gasteiger partial charge in [0.15, 0.2) is 0 Å². The number of hydrogen-bond donors (Lipinski definition) is 0. The van der Waals surface area contributed by atoms with Crippen LogP contribution in [-0.2, 0) is 6.54 Å². The second-order valence-corrected chi connectivity index (χ2v) is 5.34. The summed E-state index contributed by atoms with van der Waals surface area (Å²) in [5.74, 6) is 1.50. The molecule has 1 fully saturated rings. The molecule has 15 heavy (non-hydrogen) atoms. The van der Waals surface area contributed by atoms with E-state index in [1.807, 2.05) is 6.07 Å². The zero-order valence-corrected chi connectivity index (χ0v) is 9.83. The molecule has 2 aliphatic heterocycles. The van der Waals surface area contributed by atoms with E-state index < -0.39 is 0 Å². The third kappa shape index (κ3) is 1.54. The van der Waals surface area contributed by atoms with Gasteiger partial charge in [-0.1, -0.05) is 18.3 Å². The minimum absolute atomic E-state index is 0.699. The summed E-state index contributed by atoms with van der Waals surface area (Å²) in [6.45, 7) is 3.54. The van der Waals surface area contributed by atoms with Gasteiger partial charge >= 0.3 is 0 Å². The van der Waals surface area contributed by atoms with Crippen molar-refractivity contribution in [3.63, 3.8) is 0 Å². The van der Waals surface area contributed by atoms with Gasteiger partial charge in [-0.05, 0) is 31.5 Å². The van der Waals surface area contributed by atoms with Crippen molar-refractivity contribution in [1.29, 1.82) is 0 Å². The highest BCUT2D eigenvalue weighted by Gasteiger charge is 2.32. The van der Waals surface area contributed by atoms with E-state index in [2.05, 4.69) is 28.6 Å². The van der Waals surface area contributed by atoms with Gasteiger partial charge in [0.1, 0.15) is 4.64 Å². The number of piperidine rings is 1. The van der Waals surface area contributed by atoms with Crippen molar-refractivity contribution in [2.24, 2.45) is 5.92 Å². The maximum absolute atomic E-state index is 5.40. The van der Waals surface area contributed by atoms with E-state index in [1.54, 1.807) is 0 Å². The zero-order valence-electron chi connectivity index (χ0n) is 9.02. The molecule has 0 N–H and O–H groups in total. The number of hydrogen-bond acceptors (Lipinski definition) is 2. The van der Waals surface area contributed by atoms with E-state index in [9.17, 15) is 0 Å². The molecule has 2 aliphatic rings. The third-order valence-corrected chi connectivity index (χ3v) is 4.02. The van der Waals surface area contributed by atoms with Gasteiger partial charge in [-0.25, -0.2) is 0 Å². The molecule has 0 saturated carbocycles. The first kappa shape index (κ1) is 9.55. The van der Waals surface area contributed by atoms with Gasteiger partial charge < -0.3 is 9.47 Å². The summed E-state index contributed by atoms with van der Waals surface area (Å²) in [6, 6.07) is 6.39. The normalized spacial score (nSPS) is 29.9. The van der Waals surface area contributed by atoms with Crippen LogP contribution >= 0.6 is 12.2 Å². The quantitative estimate of drug-likeness (QED) is 0.620. The second-order valence-electron chi connectivity index (χ2n) is 4.92. The highest BCUT2D eigenvalue weighted by atomic mass is 32.1. The Balaban J connectivity index is 2.10. The fraction of sp³-hybridized carbons (Fsp3) is 0.583. The molecule has 0 spiro atoms. The number of pyridine rings is 1. The van der Waals surface area contributed by atoms with Gasteiger partial charge in [0.25, 0.3) is 0 Å². The van der Waals surface area contributed by atoms with E-state index in [1.165, 1.54) is 25.2 Å². The molecule has 3 rings (SSSR count). The molecule has 1 aromatic heterocycles. The first-order valence-electron chi connectivity index (χ1n) is 5.62. The number of fused-ring (bicyclic) bond motifs is 4. The Hall–Kier alpha value is -0.670. The van der Waals surface area contributed by atoms with Crippen LogP contribution in [0.15, 0.2) is 18.2 Å². The van der Waals surface area contributed by atoms with E-state index in [0.717, 1.165) is 17.1 Å². The summed E-state index contributed by atoms with van der Waals surface area (Å²) in [4.78, 5) is 2.46. The predicted molar refractivity (Wildman–Crippen MR) is 63.6 cm³/mol. The van der Waals surface area contributed by atoms with Gasteiger partial charge in [0, 0.05) is 31.2 Å². The van der Waals surface area contributed by atoms with Crippen molar-refractivity contribution in [3.8, 4) is 0 Å². The Morgan fingerprint density at radius 2 is 2.13 bits per heavy atom. The first-order valence-corrected chi connectivity index (χ1v) is 6.03. The average molecular weight is 220 g/mol. The van der Waals surface area contributed by atoms with Gasteiger partial charge in [-0.3, -0.25) is 0 Å². The molecule has 0 amide bonds. The Morgan fingerprint density at radius 1 is 1.27 bits per heavy atom. The number of nitrogens with zero attached hydrogens (tertiary/aromatic N) is 2. The molecule has 2 nitrogen and oxygen atoms in total. The van der Waals surface area contributed by atoms with Crippen LogP contribution in [0.4, 0.5) is 0 Å². The van der Waals surface area contributed by atoms with Crippen LogP contribution in [0, 0.1) is 10.6 Å². The molecular formula is C12H16N2S. The lowest BCUT2D eigenvalue weighted by Crippen LogP contribution is -2.43. The number of likely N-dealkylation sites (tertiary alicyclic amines) is 1. The topological polar surface area (TPSA) is 8.17 Å². The molecule has 0 radical (unpaired) electrons. The monoisotopic (exact) mass is 220 g/mol. The summed E-state index contributed by atoms with van der Waals surface area (Å²) < 4.78 is 3.35. The van der Waals surface area contributed by atoms with Gasteiger partial charge in [-0.15, -0.1) is 0 Å². The Morgan fingerprint density at radius 3 is 3.00 bits per heavy atom. The summed E-state index contributed by atoms with van der Waals surface area (Å²) in [5, 5.41) is 0. The number of rotatable bonds is 0. The Labute approximate surface area is 95.5 Å². The summed E-state index contributed by atoms with van der Waals surface area (Å²) in [7, 11) is 2.23. The third-order valence-electron chi connectivity index (χ3n) is 3.66. The summed E-state index contributed by atoms with van der Waals surface area (Å²) >= 11 is 5.40. The average Bonchev–Trinajstić information content (AvgIpc) is 2.19. The van der Waals surface area contributed by atoms with E-state index >= 15 is 0 Å². The predicted octanol–water partition coefficient (Wildman–Crippen LogP) is 2.27. The minimum Gasteiger partial charge on any atom is -0.336 e. The van der Waals surface area contributed by atoms with Crippen molar-refractivity contribution >= 4 is 12.2 Å². The van der Waals surface area contributed by atoms with Crippen molar-refractivity contribution in [3.05, 3.63) is 28.5 Å². The highest BCUT2D eigenvalue weighted by molar-refractivity contribution is 7.71. The Kier molecular flexibility index (Phi) is 2.18. The van der Waals surface area contributed by atoms with E-state index in [4.69, 9.17) is 12.2 Å². The van der Waals surface area contributed by atoms with Gasteiger partial charge in [0.2, 0.25) is 0 Å². The lowest BCUT2D eigenvalue weighted by Gasteiger charge is -2.41. The smallest absolute Gasteiger partial charge is 0.106 e. The molecule has 0 aliphatic carbocycles. The van der Waals surface area contributed by atoms with Crippen LogP contribution in [0.2, 0.25) is 0 Å². The fourth-order valence-corrected chi connectivity index (χ4v) is 3.39. The standard InChI is InChI=1S/C12H16N2S/c1-13-6-9-5-10(8-13)11-3-2-4-12(15)14(11)7-9/h2-4,9-10H,5-8H2,1H3/t9-,10+/m0/s1. The molecule has 0 aromatic carbocycles. The minimum atomic E-state index is 0.699. The second kappa shape index (κ2) is 3.42. The fourth-order valence-electron chi connectivity index (χ4n) is 3.14. The van der Waals surface area contributed by atoms with E-state index in [0.29, 0.717) is 5.92 Å². The van der Waals surface area contributed by atoms with E-state index in [-0.39, 0.29) is 0 Å². The maximum atomic E-state index is 5.40. The highest BCUT2D eigenvalue weighted by Crippen LogP contribution is 2.35. The van der Waals surface area contributed by atoms with Crippen molar-refractivity contribution in [2.75, 3.05) is 20.1 Å². The van der Waals surface area contributed by atoms with Crippen LogP contribution in [0.1, 0.15) is 18.0 Å². The SMILES string of the molecule is CN1C[C@@H]2C[C@H](C1)c1cccc(=S)n1C2. The molecule has 2 bridgehead atoms. The van der Waals surface area contributed by atoms with Gasteiger partial charge in [0.05, 0.1) is 0 Å². The van der Waals surface area contributed by atoms with Crippen LogP contribution < -0.4 is 0 Å². The largest absolute Gasteiger partial charge is 0.336 e. The number of aromatic nitrogens is 1. The summed E-state index contributed by atoms with van der Waals surface area (Å²) in [6.07, 6.45) is 1.35. The van der Waals surface area contributed by atoms with Crippen molar-refractivity contribution < 1.29 is 0 Å². The number of likely N-dealkylation sites (N-methyl/N-ethyl adjacent to an activating group) is 1. The molecule has 1 saturated heterocycles.